The minimum atomic E-state index is 0.393. The Balaban J connectivity index is 1.81. The Labute approximate surface area is 121 Å². The SMILES string of the molecule is ClNc1cc2nccnc2c(OC[C@H]2CCCOC2)n1. The number of nitrogens with one attached hydrogen (secondary N) is 1. The topological polar surface area (TPSA) is 69.2 Å². The highest BCUT2D eigenvalue weighted by Gasteiger charge is 2.16. The van der Waals surface area contributed by atoms with Crippen molar-refractivity contribution < 1.29 is 9.47 Å². The normalized spacial score (nSPS) is 18.9. The number of ether oxygens (including phenoxy) is 2. The van der Waals surface area contributed by atoms with E-state index in [1.807, 2.05) is 0 Å². The number of halogens is 1. The zero-order chi connectivity index (χ0) is 13.8. The molecule has 0 spiro atoms. The predicted octanol–water partition coefficient (Wildman–Crippen LogP) is 2.40. The summed E-state index contributed by atoms with van der Waals surface area (Å²) in [7, 11) is 0. The highest BCUT2D eigenvalue weighted by Crippen LogP contribution is 2.24. The van der Waals surface area contributed by atoms with Crippen molar-refractivity contribution in [2.24, 2.45) is 5.92 Å². The van der Waals surface area contributed by atoms with E-state index in [0.717, 1.165) is 26.1 Å². The van der Waals surface area contributed by atoms with Gasteiger partial charge in [0.25, 0.3) is 0 Å². The maximum atomic E-state index is 5.81. The lowest BCUT2D eigenvalue weighted by Crippen LogP contribution is -2.23. The minimum absolute atomic E-state index is 0.393. The molecule has 2 aromatic rings. The van der Waals surface area contributed by atoms with E-state index >= 15 is 0 Å². The Morgan fingerprint density at radius 2 is 2.30 bits per heavy atom. The van der Waals surface area contributed by atoms with Crippen molar-refractivity contribution in [2.75, 3.05) is 24.7 Å². The summed E-state index contributed by atoms with van der Waals surface area (Å²) < 4.78 is 11.3. The molecule has 0 amide bonds. The van der Waals surface area contributed by atoms with E-state index in [1.165, 1.54) is 0 Å². The van der Waals surface area contributed by atoms with Gasteiger partial charge in [-0.2, -0.15) is 4.98 Å². The van der Waals surface area contributed by atoms with Crippen LogP contribution in [0.3, 0.4) is 0 Å². The van der Waals surface area contributed by atoms with E-state index in [0.29, 0.717) is 35.3 Å². The molecule has 1 aliphatic rings. The molecule has 3 rings (SSSR count). The number of anilines is 1. The average molecular weight is 295 g/mol. The van der Waals surface area contributed by atoms with E-state index in [1.54, 1.807) is 18.5 Å². The van der Waals surface area contributed by atoms with Gasteiger partial charge in [0.15, 0.2) is 5.52 Å². The van der Waals surface area contributed by atoms with Crippen molar-refractivity contribution in [1.82, 2.24) is 15.0 Å². The fourth-order valence-corrected chi connectivity index (χ4v) is 2.32. The molecule has 0 unspecified atom stereocenters. The third kappa shape index (κ3) is 2.91. The van der Waals surface area contributed by atoms with E-state index in [2.05, 4.69) is 19.8 Å². The first-order chi connectivity index (χ1) is 9.86. The summed E-state index contributed by atoms with van der Waals surface area (Å²) in [6, 6.07) is 1.73. The van der Waals surface area contributed by atoms with E-state index in [-0.39, 0.29) is 0 Å². The monoisotopic (exact) mass is 294 g/mol. The van der Waals surface area contributed by atoms with Gasteiger partial charge in [-0.15, -0.1) is 0 Å². The third-order valence-corrected chi connectivity index (χ3v) is 3.43. The second-order valence-electron chi connectivity index (χ2n) is 4.73. The standard InChI is InChI=1S/C13H15ClN4O2/c14-18-11-6-10-12(16-4-3-15-10)13(17-11)20-8-9-2-1-5-19-7-9/h3-4,6,9H,1-2,5,7-8H2,(H,17,18)/t9-/m0/s1. The van der Waals surface area contributed by atoms with E-state index in [4.69, 9.17) is 21.3 Å². The summed E-state index contributed by atoms with van der Waals surface area (Å²) in [6.07, 6.45) is 5.43. The van der Waals surface area contributed by atoms with Gasteiger partial charge in [-0.25, -0.2) is 4.98 Å². The fraction of sp³-hybridized carbons (Fsp3) is 0.462. The third-order valence-electron chi connectivity index (χ3n) is 3.23. The molecule has 3 heterocycles. The van der Waals surface area contributed by atoms with Gasteiger partial charge in [0.2, 0.25) is 5.88 Å². The minimum Gasteiger partial charge on any atom is -0.476 e. The van der Waals surface area contributed by atoms with Crippen molar-refractivity contribution in [2.45, 2.75) is 12.8 Å². The largest absolute Gasteiger partial charge is 0.476 e. The number of fused-ring (bicyclic) bond motifs is 1. The van der Waals surface area contributed by atoms with Crippen LogP contribution in [-0.2, 0) is 4.74 Å². The quantitative estimate of drug-likeness (QED) is 0.873. The molecule has 1 aliphatic heterocycles. The van der Waals surface area contributed by atoms with Crippen molar-refractivity contribution in [3.8, 4) is 5.88 Å². The summed E-state index contributed by atoms with van der Waals surface area (Å²) in [5, 5.41) is 0. The Bertz CT molecular complexity index is 590. The first-order valence-corrected chi connectivity index (χ1v) is 6.93. The Morgan fingerprint density at radius 3 is 3.10 bits per heavy atom. The van der Waals surface area contributed by atoms with Crippen LogP contribution in [0.25, 0.3) is 11.0 Å². The van der Waals surface area contributed by atoms with Crippen LogP contribution in [0.15, 0.2) is 18.5 Å². The van der Waals surface area contributed by atoms with Crippen molar-refractivity contribution >= 4 is 28.6 Å². The Kier molecular flexibility index (Phi) is 4.13. The molecule has 0 aliphatic carbocycles. The van der Waals surface area contributed by atoms with Gasteiger partial charge in [0, 0.05) is 42.8 Å². The van der Waals surface area contributed by atoms with Crippen molar-refractivity contribution in [3.05, 3.63) is 18.5 Å². The van der Waals surface area contributed by atoms with Crippen LogP contribution in [0.5, 0.6) is 5.88 Å². The van der Waals surface area contributed by atoms with Gasteiger partial charge in [-0.3, -0.25) is 9.82 Å². The van der Waals surface area contributed by atoms with Crippen LogP contribution < -0.4 is 9.57 Å². The smallest absolute Gasteiger partial charge is 0.244 e. The predicted molar refractivity (Wildman–Crippen MR) is 75.8 cm³/mol. The molecule has 20 heavy (non-hydrogen) atoms. The molecule has 106 valence electrons. The van der Waals surface area contributed by atoms with Gasteiger partial charge < -0.3 is 9.47 Å². The molecule has 0 aromatic carbocycles. The molecule has 6 nitrogen and oxygen atoms in total. The van der Waals surface area contributed by atoms with Gasteiger partial charge in [0.05, 0.1) is 18.7 Å². The molecule has 2 aromatic heterocycles. The van der Waals surface area contributed by atoms with Crippen molar-refractivity contribution in [3.63, 3.8) is 0 Å². The lowest BCUT2D eigenvalue weighted by molar-refractivity contribution is 0.0347. The van der Waals surface area contributed by atoms with Crippen LogP contribution in [-0.4, -0.2) is 34.8 Å². The first-order valence-electron chi connectivity index (χ1n) is 6.56. The molecule has 1 N–H and O–H groups in total. The van der Waals surface area contributed by atoms with Gasteiger partial charge in [0.1, 0.15) is 5.82 Å². The zero-order valence-corrected chi connectivity index (χ0v) is 11.6. The van der Waals surface area contributed by atoms with Gasteiger partial charge >= 0.3 is 0 Å². The molecule has 7 heteroatoms. The summed E-state index contributed by atoms with van der Waals surface area (Å²) >= 11 is 5.61. The number of rotatable bonds is 4. The highest BCUT2D eigenvalue weighted by atomic mass is 35.5. The summed E-state index contributed by atoms with van der Waals surface area (Å²) in [5.41, 5.74) is 1.33. The maximum absolute atomic E-state index is 5.81. The average Bonchev–Trinajstić information content (AvgIpc) is 2.53. The lowest BCUT2D eigenvalue weighted by Gasteiger charge is -2.22. The number of pyridine rings is 1. The molecular formula is C13H15ClN4O2. The Morgan fingerprint density at radius 1 is 1.40 bits per heavy atom. The van der Waals surface area contributed by atoms with Gasteiger partial charge in [-0.05, 0) is 12.8 Å². The molecule has 0 saturated carbocycles. The number of hydrogen-bond donors (Lipinski definition) is 1. The van der Waals surface area contributed by atoms with E-state index in [9.17, 15) is 0 Å². The molecule has 0 radical (unpaired) electrons. The van der Waals surface area contributed by atoms with Crippen LogP contribution in [0, 0.1) is 5.92 Å². The van der Waals surface area contributed by atoms with Gasteiger partial charge in [-0.1, -0.05) is 0 Å². The first kappa shape index (κ1) is 13.3. The maximum Gasteiger partial charge on any atom is 0.244 e. The lowest BCUT2D eigenvalue weighted by atomic mass is 10.0. The van der Waals surface area contributed by atoms with Crippen molar-refractivity contribution in [1.29, 1.82) is 0 Å². The summed E-state index contributed by atoms with van der Waals surface area (Å²) in [5.74, 6) is 1.34. The number of hydrogen-bond acceptors (Lipinski definition) is 6. The van der Waals surface area contributed by atoms with E-state index < -0.39 is 0 Å². The fourth-order valence-electron chi connectivity index (χ4n) is 2.23. The summed E-state index contributed by atoms with van der Waals surface area (Å²) in [4.78, 5) is 15.3. The second-order valence-corrected chi connectivity index (χ2v) is 4.91. The second kappa shape index (κ2) is 6.19. The van der Waals surface area contributed by atoms with Crippen LogP contribution in [0.4, 0.5) is 5.82 Å². The molecular weight excluding hydrogens is 280 g/mol. The number of nitrogens with zero attached hydrogens (tertiary/aromatic N) is 3. The molecule has 1 atom stereocenters. The highest BCUT2D eigenvalue weighted by molar-refractivity contribution is 6.23. The molecule has 1 saturated heterocycles. The molecule has 1 fully saturated rings. The van der Waals surface area contributed by atoms with Crippen LogP contribution in [0.2, 0.25) is 0 Å². The summed E-state index contributed by atoms with van der Waals surface area (Å²) in [6.45, 7) is 2.14. The van der Waals surface area contributed by atoms with Crippen LogP contribution in [0.1, 0.15) is 12.8 Å². The van der Waals surface area contributed by atoms with Crippen LogP contribution >= 0.6 is 11.8 Å². The zero-order valence-electron chi connectivity index (χ0n) is 10.9. The Hall–Kier alpha value is -1.66. The number of aromatic nitrogens is 3. The molecule has 0 bridgehead atoms.